The van der Waals surface area contributed by atoms with Crippen LogP contribution in [0.1, 0.15) is 67.4 Å². The highest BCUT2D eigenvalue weighted by atomic mass is 16.7. The Morgan fingerprint density at radius 3 is 2.05 bits per heavy atom. The third kappa shape index (κ3) is 9.36. The molecule has 2 unspecified atom stereocenters. The summed E-state index contributed by atoms with van der Waals surface area (Å²) in [6.07, 6.45) is -1.38. The van der Waals surface area contributed by atoms with Crippen molar-refractivity contribution >= 4 is 34.6 Å². The van der Waals surface area contributed by atoms with Gasteiger partial charge in [-0.15, -0.1) is 0 Å². The Morgan fingerprint density at radius 2 is 1.48 bits per heavy atom. The normalized spacial score (nSPS) is 13.3. The number of carbonyl (C=O) groups is 4. The van der Waals surface area contributed by atoms with Crippen LogP contribution in [0.15, 0.2) is 66.7 Å². The van der Waals surface area contributed by atoms with Gasteiger partial charge in [-0.1, -0.05) is 48.5 Å². The molecule has 0 aliphatic heterocycles. The molecule has 3 aromatic rings. The zero-order chi connectivity index (χ0) is 32.2. The molecule has 2 N–H and O–H groups in total. The van der Waals surface area contributed by atoms with Crippen molar-refractivity contribution in [1.82, 2.24) is 4.90 Å². The second-order valence-electron chi connectivity index (χ2n) is 10.6. The first-order valence-electron chi connectivity index (χ1n) is 14.7. The van der Waals surface area contributed by atoms with Crippen molar-refractivity contribution in [3.05, 3.63) is 83.4 Å². The molecule has 0 saturated heterocycles. The van der Waals surface area contributed by atoms with Gasteiger partial charge >= 0.3 is 17.9 Å². The van der Waals surface area contributed by atoms with Gasteiger partial charge in [0, 0.05) is 44.6 Å². The molecule has 3 rings (SSSR count). The number of hydrogen-bond donors (Lipinski definition) is 2. The van der Waals surface area contributed by atoms with Crippen LogP contribution in [-0.2, 0) is 35.1 Å². The molecule has 0 heterocycles. The smallest absolute Gasteiger partial charge is 0.337 e. The molecular weight excluding hydrogens is 566 g/mol. The maximum Gasteiger partial charge on any atom is 0.337 e. The fourth-order valence-corrected chi connectivity index (χ4v) is 5.36. The van der Waals surface area contributed by atoms with Crippen molar-refractivity contribution in [3.63, 3.8) is 0 Å². The predicted octanol–water partition coefficient (Wildman–Crippen LogP) is 5.48. The summed E-state index contributed by atoms with van der Waals surface area (Å²) < 4.78 is 16.6. The van der Waals surface area contributed by atoms with Gasteiger partial charge in [-0.3, -0.25) is 14.4 Å². The standard InChI is InChI=1S/C34H41NO9/c1-5-43-32(44-6-2)20-29(25-13-15-26(16-14-25)34(41)42-4)22(3)35(30(36)18-28(33(39)40)19-31(37)38)21-23-11-12-24-9-7-8-10-27(24)17-23/h7-17,22,28-29,32H,5-6,18-21H2,1-4H3,(H,37,38)(H,39,40)/t22?,28-,29?/m1/s1. The Kier molecular flexibility index (Phi) is 12.9. The first-order valence-corrected chi connectivity index (χ1v) is 14.7. The van der Waals surface area contributed by atoms with Gasteiger partial charge in [0.05, 0.1) is 25.0 Å². The number of rotatable bonds is 17. The topological polar surface area (TPSA) is 140 Å². The van der Waals surface area contributed by atoms with Crippen LogP contribution in [0, 0.1) is 5.92 Å². The predicted molar refractivity (Wildman–Crippen MR) is 164 cm³/mol. The van der Waals surface area contributed by atoms with Crippen molar-refractivity contribution in [2.45, 2.75) is 64.8 Å². The van der Waals surface area contributed by atoms with Crippen LogP contribution in [0.2, 0.25) is 0 Å². The van der Waals surface area contributed by atoms with Gasteiger partial charge in [0.25, 0.3) is 0 Å². The Labute approximate surface area is 257 Å². The highest BCUT2D eigenvalue weighted by Gasteiger charge is 2.34. The molecule has 1 amide bonds. The monoisotopic (exact) mass is 607 g/mol. The molecule has 0 radical (unpaired) electrons. The van der Waals surface area contributed by atoms with E-state index in [1.807, 2.05) is 63.2 Å². The molecule has 236 valence electrons. The van der Waals surface area contributed by atoms with Crippen LogP contribution in [0.25, 0.3) is 10.8 Å². The lowest BCUT2D eigenvalue weighted by Gasteiger charge is -2.37. The second kappa shape index (κ2) is 16.5. The van der Waals surface area contributed by atoms with E-state index >= 15 is 0 Å². The number of nitrogens with zero attached hydrogens (tertiary/aromatic N) is 1. The number of fused-ring (bicyclic) bond motifs is 1. The maximum absolute atomic E-state index is 14.0. The molecule has 10 nitrogen and oxygen atoms in total. The van der Waals surface area contributed by atoms with E-state index in [4.69, 9.17) is 14.2 Å². The Balaban J connectivity index is 2.07. The maximum atomic E-state index is 14.0. The van der Waals surface area contributed by atoms with Crippen LogP contribution >= 0.6 is 0 Å². The number of carboxylic acid groups (broad SMARTS) is 2. The van der Waals surface area contributed by atoms with E-state index < -0.39 is 54.9 Å². The van der Waals surface area contributed by atoms with Crippen LogP contribution in [0.4, 0.5) is 0 Å². The lowest BCUT2D eigenvalue weighted by atomic mass is 9.86. The van der Waals surface area contributed by atoms with E-state index in [1.165, 1.54) is 7.11 Å². The molecule has 0 saturated carbocycles. The average Bonchev–Trinajstić information content (AvgIpc) is 3.01. The van der Waals surface area contributed by atoms with E-state index in [-0.39, 0.29) is 12.5 Å². The van der Waals surface area contributed by atoms with E-state index in [2.05, 4.69) is 0 Å². The number of aliphatic carboxylic acids is 2. The minimum atomic E-state index is -1.39. The van der Waals surface area contributed by atoms with Gasteiger partial charge in [-0.2, -0.15) is 0 Å². The molecule has 44 heavy (non-hydrogen) atoms. The van der Waals surface area contributed by atoms with E-state index in [9.17, 15) is 29.4 Å². The Morgan fingerprint density at radius 1 is 0.841 bits per heavy atom. The van der Waals surface area contributed by atoms with Crippen molar-refractivity contribution in [1.29, 1.82) is 0 Å². The number of carboxylic acids is 2. The summed E-state index contributed by atoms with van der Waals surface area (Å²) in [5.41, 5.74) is 2.02. The van der Waals surface area contributed by atoms with E-state index in [1.54, 1.807) is 29.2 Å². The summed E-state index contributed by atoms with van der Waals surface area (Å²) in [7, 11) is 1.31. The number of ether oxygens (including phenoxy) is 3. The summed E-state index contributed by atoms with van der Waals surface area (Å²) >= 11 is 0. The second-order valence-corrected chi connectivity index (χ2v) is 10.6. The van der Waals surface area contributed by atoms with Gasteiger partial charge in [-0.05, 0) is 60.9 Å². The zero-order valence-electron chi connectivity index (χ0n) is 25.6. The first kappa shape index (κ1) is 34.2. The highest BCUT2D eigenvalue weighted by molar-refractivity contribution is 5.89. The minimum absolute atomic E-state index is 0.162. The number of benzene rings is 3. The first-order chi connectivity index (χ1) is 21.1. The lowest BCUT2D eigenvalue weighted by molar-refractivity contribution is -0.153. The average molecular weight is 608 g/mol. The summed E-state index contributed by atoms with van der Waals surface area (Å²) in [4.78, 5) is 51.0. The van der Waals surface area contributed by atoms with Gasteiger partial charge < -0.3 is 29.3 Å². The molecule has 10 heteroatoms. The number of hydrogen-bond acceptors (Lipinski definition) is 7. The van der Waals surface area contributed by atoms with Crippen LogP contribution < -0.4 is 0 Å². The van der Waals surface area contributed by atoms with Gasteiger partial charge in [0.15, 0.2) is 6.29 Å². The van der Waals surface area contributed by atoms with Crippen LogP contribution in [0.3, 0.4) is 0 Å². The molecule has 0 aliphatic carbocycles. The van der Waals surface area contributed by atoms with E-state index in [0.29, 0.717) is 25.2 Å². The molecule has 0 fully saturated rings. The highest BCUT2D eigenvalue weighted by Crippen LogP contribution is 2.32. The number of methoxy groups -OCH3 is 1. The Hall–Kier alpha value is -4.28. The van der Waals surface area contributed by atoms with Gasteiger partial charge in [0.1, 0.15) is 0 Å². The van der Waals surface area contributed by atoms with Gasteiger partial charge in [-0.25, -0.2) is 4.79 Å². The van der Waals surface area contributed by atoms with E-state index in [0.717, 1.165) is 21.9 Å². The number of esters is 1. The fourth-order valence-electron chi connectivity index (χ4n) is 5.36. The van der Waals surface area contributed by atoms with Crippen molar-refractivity contribution in [2.75, 3.05) is 20.3 Å². The third-order valence-corrected chi connectivity index (χ3v) is 7.66. The lowest BCUT2D eigenvalue weighted by Crippen LogP contribution is -2.44. The van der Waals surface area contributed by atoms with Crippen molar-refractivity contribution < 1.29 is 43.6 Å². The van der Waals surface area contributed by atoms with Crippen LogP contribution in [0.5, 0.6) is 0 Å². The fraction of sp³-hybridized carbons (Fsp3) is 0.412. The molecular formula is C34H41NO9. The largest absolute Gasteiger partial charge is 0.481 e. The third-order valence-electron chi connectivity index (χ3n) is 7.66. The number of carbonyl (C=O) groups excluding carboxylic acids is 2. The van der Waals surface area contributed by atoms with Crippen LogP contribution in [-0.4, -0.2) is 71.6 Å². The molecule has 0 aromatic heterocycles. The minimum Gasteiger partial charge on any atom is -0.481 e. The quantitative estimate of drug-likeness (QED) is 0.151. The summed E-state index contributed by atoms with van der Waals surface area (Å²) in [5.74, 6) is -5.35. The van der Waals surface area contributed by atoms with Gasteiger partial charge in [0.2, 0.25) is 5.91 Å². The molecule has 0 bridgehead atoms. The molecule has 0 aliphatic rings. The summed E-state index contributed by atoms with van der Waals surface area (Å²) in [5, 5.41) is 21.0. The summed E-state index contributed by atoms with van der Waals surface area (Å²) in [6.45, 7) is 6.57. The van der Waals surface area contributed by atoms with Crippen molar-refractivity contribution in [2.24, 2.45) is 5.92 Å². The SMILES string of the molecule is CCOC(CC(c1ccc(C(=O)OC)cc1)C(C)N(Cc1ccc2ccccc2c1)C(=O)C[C@H](CC(=O)O)C(=O)O)OCC. The van der Waals surface area contributed by atoms with Crippen molar-refractivity contribution in [3.8, 4) is 0 Å². The summed E-state index contributed by atoms with van der Waals surface area (Å²) in [6, 6.07) is 20.1. The number of amides is 1. The molecule has 3 aromatic carbocycles. The zero-order valence-corrected chi connectivity index (χ0v) is 25.6. The Bertz CT molecular complexity index is 1420. The molecule has 3 atom stereocenters. The molecule has 0 spiro atoms.